The maximum atomic E-state index is 12.0. The number of halogens is 2. The van der Waals surface area contributed by atoms with Crippen LogP contribution in [-0.4, -0.2) is 10.7 Å². The Morgan fingerprint density at radius 3 is 2.52 bits per heavy atom. The summed E-state index contributed by atoms with van der Waals surface area (Å²) in [6.45, 7) is 1.74. The van der Waals surface area contributed by atoms with Gasteiger partial charge >= 0.3 is 0 Å². The zero-order chi connectivity index (χ0) is 17.0. The number of nitrogens with zero attached hydrogens (tertiary/aromatic N) is 1. The van der Waals surface area contributed by atoms with Crippen molar-refractivity contribution in [3.8, 4) is 0 Å². The molecule has 0 heterocycles. The number of nitro benzene ring substituents is 1. The highest BCUT2D eigenvalue weighted by molar-refractivity contribution is 6.42. The number of aryl methyl sites for hydroxylation is 1. The number of anilines is 1. The lowest BCUT2D eigenvalue weighted by Crippen LogP contribution is -1.98. The van der Waals surface area contributed by atoms with E-state index in [1.54, 1.807) is 25.1 Å². The summed E-state index contributed by atoms with van der Waals surface area (Å²) in [7, 11) is 0. The summed E-state index contributed by atoms with van der Waals surface area (Å²) < 4.78 is 0. The third-order valence-electron chi connectivity index (χ3n) is 3.10. The molecule has 118 valence electrons. The summed E-state index contributed by atoms with van der Waals surface area (Å²) in [4.78, 5) is 22.2. The molecule has 0 radical (unpaired) electrons. The summed E-state index contributed by atoms with van der Waals surface area (Å²) in [5.74, 6) is -0.240. The fourth-order valence-electron chi connectivity index (χ4n) is 1.88. The smallest absolute Gasteiger partial charge is 0.269 e. The van der Waals surface area contributed by atoms with Gasteiger partial charge in [0.2, 0.25) is 0 Å². The van der Waals surface area contributed by atoms with Crippen molar-refractivity contribution in [3.63, 3.8) is 0 Å². The van der Waals surface area contributed by atoms with Crippen LogP contribution in [0.1, 0.15) is 15.9 Å². The molecule has 2 rings (SSSR count). The van der Waals surface area contributed by atoms with Crippen molar-refractivity contribution in [1.29, 1.82) is 0 Å². The van der Waals surface area contributed by atoms with E-state index in [1.807, 2.05) is 0 Å². The predicted octanol–water partition coefficient (Wildman–Crippen LogP) is 5.02. The first-order chi connectivity index (χ1) is 10.9. The van der Waals surface area contributed by atoms with Gasteiger partial charge in [-0.2, -0.15) is 0 Å². The zero-order valence-electron chi connectivity index (χ0n) is 12.0. The van der Waals surface area contributed by atoms with Crippen LogP contribution < -0.4 is 5.32 Å². The van der Waals surface area contributed by atoms with Gasteiger partial charge in [0.25, 0.3) is 5.69 Å². The molecule has 23 heavy (non-hydrogen) atoms. The van der Waals surface area contributed by atoms with Gasteiger partial charge in [-0.15, -0.1) is 0 Å². The molecule has 0 aliphatic carbocycles. The number of ketones is 1. The van der Waals surface area contributed by atoms with Crippen molar-refractivity contribution < 1.29 is 9.72 Å². The van der Waals surface area contributed by atoms with E-state index in [-0.39, 0.29) is 11.5 Å². The number of non-ortho nitro benzene ring substituents is 1. The van der Waals surface area contributed by atoms with E-state index in [1.165, 1.54) is 30.5 Å². The molecule has 5 nitrogen and oxygen atoms in total. The highest BCUT2D eigenvalue weighted by atomic mass is 35.5. The number of carbonyl (C=O) groups excluding carboxylic acids is 1. The van der Waals surface area contributed by atoms with Crippen LogP contribution in [0.15, 0.2) is 48.7 Å². The molecule has 7 heteroatoms. The van der Waals surface area contributed by atoms with E-state index in [9.17, 15) is 14.9 Å². The molecular formula is C16H12Cl2N2O3. The third-order valence-corrected chi connectivity index (χ3v) is 3.84. The van der Waals surface area contributed by atoms with Crippen LogP contribution in [-0.2, 0) is 0 Å². The summed E-state index contributed by atoms with van der Waals surface area (Å²) in [6.07, 6.45) is 2.82. The van der Waals surface area contributed by atoms with E-state index < -0.39 is 4.92 Å². The van der Waals surface area contributed by atoms with Crippen molar-refractivity contribution in [3.05, 3.63) is 80.0 Å². The van der Waals surface area contributed by atoms with Crippen molar-refractivity contribution in [2.45, 2.75) is 6.92 Å². The number of benzene rings is 2. The first-order valence-corrected chi connectivity index (χ1v) is 7.31. The predicted molar refractivity (Wildman–Crippen MR) is 91.4 cm³/mol. The fraction of sp³-hybridized carbons (Fsp3) is 0.0625. The fourth-order valence-corrected chi connectivity index (χ4v) is 2.17. The SMILES string of the molecule is Cc1cc([N+](=O)[O-])ccc1N/C=C/C(=O)c1ccc(Cl)c(Cl)c1. The van der Waals surface area contributed by atoms with E-state index in [0.29, 0.717) is 26.9 Å². The minimum atomic E-state index is -0.458. The van der Waals surface area contributed by atoms with Gasteiger partial charge < -0.3 is 5.32 Å². The number of carbonyl (C=O) groups is 1. The molecule has 0 saturated carbocycles. The van der Waals surface area contributed by atoms with Crippen molar-refractivity contribution >= 4 is 40.4 Å². The van der Waals surface area contributed by atoms with Gasteiger partial charge in [-0.25, -0.2) is 0 Å². The van der Waals surface area contributed by atoms with Gasteiger partial charge in [-0.1, -0.05) is 23.2 Å². The summed E-state index contributed by atoms with van der Waals surface area (Å²) in [5.41, 5.74) is 1.81. The highest BCUT2D eigenvalue weighted by Gasteiger charge is 2.08. The molecule has 0 aliphatic rings. The van der Waals surface area contributed by atoms with Crippen LogP contribution in [0.5, 0.6) is 0 Å². The standard InChI is InChI=1S/C16H12Cl2N2O3/c1-10-8-12(20(22)23)3-5-15(10)19-7-6-16(21)11-2-4-13(17)14(18)9-11/h2-9,19H,1H3/b7-6+. The number of hydrogen-bond donors (Lipinski definition) is 1. The van der Waals surface area contributed by atoms with Gasteiger partial charge in [0, 0.05) is 35.7 Å². The van der Waals surface area contributed by atoms with Crippen molar-refractivity contribution in [1.82, 2.24) is 0 Å². The lowest BCUT2D eigenvalue weighted by molar-refractivity contribution is -0.384. The van der Waals surface area contributed by atoms with Crippen LogP contribution >= 0.6 is 23.2 Å². The van der Waals surface area contributed by atoms with Gasteiger partial charge in [0.15, 0.2) is 5.78 Å². The van der Waals surface area contributed by atoms with Crippen molar-refractivity contribution in [2.75, 3.05) is 5.32 Å². The van der Waals surface area contributed by atoms with Crippen LogP contribution in [0.25, 0.3) is 0 Å². The molecule has 2 aromatic rings. The Kier molecular flexibility index (Phi) is 5.36. The number of nitro groups is 1. The lowest BCUT2D eigenvalue weighted by Gasteiger charge is -2.05. The zero-order valence-corrected chi connectivity index (χ0v) is 13.6. The molecule has 0 bridgehead atoms. The summed E-state index contributed by atoms with van der Waals surface area (Å²) in [5, 5.41) is 14.3. The van der Waals surface area contributed by atoms with Gasteiger partial charge in [-0.3, -0.25) is 14.9 Å². The number of nitrogens with one attached hydrogen (secondary N) is 1. The van der Waals surface area contributed by atoms with Crippen LogP contribution in [0.4, 0.5) is 11.4 Å². The molecule has 0 saturated heterocycles. The van der Waals surface area contributed by atoms with E-state index in [2.05, 4.69) is 5.32 Å². The molecule has 0 fully saturated rings. The molecule has 0 amide bonds. The average molecular weight is 351 g/mol. The first-order valence-electron chi connectivity index (χ1n) is 6.56. The maximum Gasteiger partial charge on any atom is 0.269 e. The third kappa shape index (κ3) is 4.31. The highest BCUT2D eigenvalue weighted by Crippen LogP contribution is 2.23. The maximum absolute atomic E-state index is 12.0. The molecule has 0 atom stereocenters. The average Bonchev–Trinajstić information content (AvgIpc) is 2.51. The Morgan fingerprint density at radius 2 is 1.91 bits per heavy atom. The molecule has 1 N–H and O–H groups in total. The van der Waals surface area contributed by atoms with Crippen molar-refractivity contribution in [2.24, 2.45) is 0 Å². The van der Waals surface area contributed by atoms with Gasteiger partial charge in [0.05, 0.1) is 15.0 Å². The minimum Gasteiger partial charge on any atom is -0.361 e. The number of rotatable bonds is 5. The topological polar surface area (TPSA) is 72.2 Å². The van der Waals surface area contributed by atoms with Crippen LogP contribution in [0, 0.1) is 17.0 Å². The Balaban J connectivity index is 2.07. The quantitative estimate of drug-likeness (QED) is 0.355. The largest absolute Gasteiger partial charge is 0.361 e. The second-order valence-corrected chi connectivity index (χ2v) is 5.54. The Hall–Kier alpha value is -2.37. The normalized spacial score (nSPS) is 10.7. The molecule has 0 spiro atoms. The Morgan fingerprint density at radius 1 is 1.17 bits per heavy atom. The summed E-state index contributed by atoms with van der Waals surface area (Å²) >= 11 is 11.7. The minimum absolute atomic E-state index is 0.0175. The van der Waals surface area contributed by atoms with E-state index >= 15 is 0 Å². The monoisotopic (exact) mass is 350 g/mol. The number of hydrogen-bond acceptors (Lipinski definition) is 4. The Labute approximate surface area is 142 Å². The van der Waals surface area contributed by atoms with Crippen LogP contribution in [0.3, 0.4) is 0 Å². The van der Waals surface area contributed by atoms with E-state index in [4.69, 9.17) is 23.2 Å². The van der Waals surface area contributed by atoms with E-state index in [0.717, 1.165) is 0 Å². The first kappa shape index (κ1) is 17.0. The van der Waals surface area contributed by atoms with Gasteiger partial charge in [0.1, 0.15) is 0 Å². The second-order valence-electron chi connectivity index (χ2n) is 4.73. The summed E-state index contributed by atoms with van der Waals surface area (Å²) in [6, 6.07) is 9.06. The molecular weight excluding hydrogens is 339 g/mol. The molecule has 0 unspecified atom stereocenters. The number of allylic oxidation sites excluding steroid dienone is 1. The Bertz CT molecular complexity index is 804. The molecule has 2 aromatic carbocycles. The van der Waals surface area contributed by atoms with Gasteiger partial charge in [-0.05, 0) is 36.8 Å². The second kappa shape index (κ2) is 7.26. The van der Waals surface area contributed by atoms with Crippen LogP contribution in [0.2, 0.25) is 10.0 Å². The molecule has 0 aliphatic heterocycles. The molecule has 0 aromatic heterocycles. The lowest BCUT2D eigenvalue weighted by atomic mass is 10.1.